The van der Waals surface area contributed by atoms with Gasteiger partial charge in [-0.25, -0.2) is 9.97 Å². The van der Waals surface area contributed by atoms with Crippen molar-refractivity contribution < 1.29 is 9.66 Å². The van der Waals surface area contributed by atoms with E-state index < -0.39 is 4.92 Å². The molecule has 9 nitrogen and oxygen atoms in total. The maximum Gasteiger partial charge on any atom is 0.353 e. The van der Waals surface area contributed by atoms with Crippen molar-refractivity contribution in [3.05, 3.63) is 16.4 Å². The molecule has 0 radical (unpaired) electrons. The quantitative estimate of drug-likeness (QED) is 0.398. The van der Waals surface area contributed by atoms with Crippen LogP contribution in [0.4, 0.5) is 17.3 Å². The lowest BCUT2D eigenvalue weighted by molar-refractivity contribution is -0.383. The Bertz CT molecular complexity index is 507. The molecule has 0 bridgehead atoms. The van der Waals surface area contributed by atoms with Crippen molar-refractivity contribution in [1.29, 1.82) is 0 Å². The minimum Gasteiger partial charge on any atom is -0.379 e. The van der Waals surface area contributed by atoms with Crippen LogP contribution in [0.2, 0.25) is 0 Å². The third-order valence-electron chi connectivity index (χ3n) is 3.65. The van der Waals surface area contributed by atoms with Crippen LogP contribution in [0, 0.1) is 10.1 Å². The zero-order chi connectivity index (χ0) is 16.5. The molecular weight excluding hydrogens is 300 g/mol. The van der Waals surface area contributed by atoms with Crippen molar-refractivity contribution in [2.24, 2.45) is 0 Å². The van der Waals surface area contributed by atoms with Crippen LogP contribution in [-0.2, 0) is 4.74 Å². The summed E-state index contributed by atoms with van der Waals surface area (Å²) in [6.45, 7) is 7.35. The Morgan fingerprint density at radius 1 is 1.26 bits per heavy atom. The van der Waals surface area contributed by atoms with Gasteiger partial charge in [-0.15, -0.1) is 0 Å². The van der Waals surface area contributed by atoms with Gasteiger partial charge in [0.25, 0.3) is 0 Å². The fourth-order valence-electron chi connectivity index (χ4n) is 2.35. The van der Waals surface area contributed by atoms with E-state index in [1.807, 2.05) is 0 Å². The summed E-state index contributed by atoms with van der Waals surface area (Å²) in [4.78, 5) is 21.2. The lowest BCUT2D eigenvalue weighted by atomic mass is 10.3. The van der Waals surface area contributed by atoms with E-state index in [9.17, 15) is 10.1 Å². The van der Waals surface area contributed by atoms with Crippen LogP contribution in [0.1, 0.15) is 19.8 Å². The largest absolute Gasteiger partial charge is 0.379 e. The number of nitrogens with one attached hydrogen (secondary N) is 2. The number of nitro groups is 1. The molecule has 1 aliphatic heterocycles. The van der Waals surface area contributed by atoms with E-state index in [0.717, 1.165) is 45.7 Å². The molecule has 0 amide bonds. The minimum atomic E-state index is -0.439. The van der Waals surface area contributed by atoms with Crippen molar-refractivity contribution in [3.8, 4) is 0 Å². The highest BCUT2D eigenvalue weighted by Gasteiger charge is 2.22. The third kappa shape index (κ3) is 5.29. The Balaban J connectivity index is 1.96. The van der Waals surface area contributed by atoms with E-state index in [-0.39, 0.29) is 17.3 Å². The van der Waals surface area contributed by atoms with Crippen LogP contribution in [0.15, 0.2) is 6.33 Å². The average Bonchev–Trinajstić information content (AvgIpc) is 2.56. The molecule has 0 spiro atoms. The first-order valence-electron chi connectivity index (χ1n) is 7.99. The van der Waals surface area contributed by atoms with Gasteiger partial charge >= 0.3 is 5.69 Å². The summed E-state index contributed by atoms with van der Waals surface area (Å²) < 4.78 is 5.30. The standard InChI is InChI=1S/C14H24N6O3/c1-2-3-4-15-13-12(20(21)22)14(18-11-17-13)16-5-6-19-7-9-23-10-8-19/h11H,2-10H2,1H3,(H2,15,16,17,18). The molecule has 0 atom stereocenters. The summed E-state index contributed by atoms with van der Waals surface area (Å²) >= 11 is 0. The van der Waals surface area contributed by atoms with Crippen LogP contribution >= 0.6 is 0 Å². The molecule has 1 aliphatic rings. The molecule has 2 N–H and O–H groups in total. The molecule has 128 valence electrons. The molecule has 0 saturated carbocycles. The normalized spacial score (nSPS) is 15.3. The summed E-state index contributed by atoms with van der Waals surface area (Å²) in [6, 6.07) is 0. The molecule has 23 heavy (non-hydrogen) atoms. The summed E-state index contributed by atoms with van der Waals surface area (Å²) in [7, 11) is 0. The number of hydrogen-bond acceptors (Lipinski definition) is 8. The predicted octanol–water partition coefficient (Wildman–Crippen LogP) is 1.34. The topological polar surface area (TPSA) is 105 Å². The Morgan fingerprint density at radius 2 is 1.91 bits per heavy atom. The first kappa shape index (κ1) is 17.4. The summed E-state index contributed by atoms with van der Waals surface area (Å²) in [5, 5.41) is 17.4. The Labute approximate surface area is 135 Å². The number of anilines is 2. The molecule has 9 heteroatoms. The van der Waals surface area contributed by atoms with Crippen molar-refractivity contribution in [2.45, 2.75) is 19.8 Å². The van der Waals surface area contributed by atoms with E-state index in [1.54, 1.807) is 0 Å². The van der Waals surface area contributed by atoms with Crippen LogP contribution in [0.5, 0.6) is 0 Å². The zero-order valence-corrected chi connectivity index (χ0v) is 13.5. The van der Waals surface area contributed by atoms with Gasteiger partial charge in [0.15, 0.2) is 0 Å². The SMILES string of the molecule is CCCCNc1ncnc(NCCN2CCOCC2)c1[N+](=O)[O-]. The molecular formula is C14H24N6O3. The fraction of sp³-hybridized carbons (Fsp3) is 0.714. The minimum absolute atomic E-state index is 0.0921. The van der Waals surface area contributed by atoms with E-state index >= 15 is 0 Å². The second kappa shape index (κ2) is 9.21. The van der Waals surface area contributed by atoms with Gasteiger partial charge in [0, 0.05) is 32.7 Å². The van der Waals surface area contributed by atoms with Crippen molar-refractivity contribution in [3.63, 3.8) is 0 Å². The average molecular weight is 324 g/mol. The highest BCUT2D eigenvalue weighted by molar-refractivity contribution is 5.69. The smallest absolute Gasteiger partial charge is 0.353 e. The summed E-state index contributed by atoms with van der Waals surface area (Å²) in [6.07, 6.45) is 3.29. The van der Waals surface area contributed by atoms with Gasteiger partial charge in [-0.3, -0.25) is 15.0 Å². The Hall–Kier alpha value is -2.00. The van der Waals surface area contributed by atoms with Gasteiger partial charge in [0.1, 0.15) is 6.33 Å². The number of ether oxygens (including phenoxy) is 1. The Kier molecular flexibility index (Phi) is 6.95. The van der Waals surface area contributed by atoms with Crippen LogP contribution in [0.3, 0.4) is 0 Å². The van der Waals surface area contributed by atoms with E-state index in [4.69, 9.17) is 4.74 Å². The molecule has 2 heterocycles. The van der Waals surface area contributed by atoms with Gasteiger partial charge in [-0.05, 0) is 6.42 Å². The van der Waals surface area contributed by atoms with E-state index in [0.29, 0.717) is 13.1 Å². The molecule has 1 fully saturated rings. The van der Waals surface area contributed by atoms with Gasteiger partial charge in [-0.1, -0.05) is 13.3 Å². The van der Waals surface area contributed by atoms with Gasteiger partial charge in [0.2, 0.25) is 11.6 Å². The number of rotatable bonds is 9. The van der Waals surface area contributed by atoms with Gasteiger partial charge < -0.3 is 15.4 Å². The first-order valence-corrected chi connectivity index (χ1v) is 7.99. The number of aromatic nitrogens is 2. The van der Waals surface area contributed by atoms with Crippen molar-refractivity contribution in [1.82, 2.24) is 14.9 Å². The summed E-state index contributed by atoms with van der Waals surface area (Å²) in [5.41, 5.74) is -0.0921. The maximum absolute atomic E-state index is 11.4. The molecule has 0 aromatic carbocycles. The number of nitrogens with zero attached hydrogens (tertiary/aromatic N) is 4. The lowest BCUT2D eigenvalue weighted by Gasteiger charge is -2.26. The molecule has 0 aliphatic carbocycles. The van der Waals surface area contributed by atoms with Crippen molar-refractivity contribution in [2.75, 3.05) is 56.6 Å². The Morgan fingerprint density at radius 3 is 2.52 bits per heavy atom. The van der Waals surface area contributed by atoms with E-state index in [2.05, 4.69) is 32.4 Å². The number of unbranched alkanes of at least 4 members (excludes halogenated alkanes) is 1. The zero-order valence-electron chi connectivity index (χ0n) is 13.5. The lowest BCUT2D eigenvalue weighted by Crippen LogP contribution is -2.39. The van der Waals surface area contributed by atoms with E-state index in [1.165, 1.54) is 6.33 Å². The number of morpholine rings is 1. The van der Waals surface area contributed by atoms with Crippen LogP contribution < -0.4 is 10.6 Å². The number of hydrogen-bond donors (Lipinski definition) is 2. The summed E-state index contributed by atoms with van der Waals surface area (Å²) in [5.74, 6) is 0.532. The third-order valence-corrected chi connectivity index (χ3v) is 3.65. The second-order valence-corrected chi connectivity index (χ2v) is 5.34. The maximum atomic E-state index is 11.4. The molecule has 0 unspecified atom stereocenters. The highest BCUT2D eigenvalue weighted by Crippen LogP contribution is 2.28. The van der Waals surface area contributed by atoms with Gasteiger partial charge in [0.05, 0.1) is 18.1 Å². The fourth-order valence-corrected chi connectivity index (χ4v) is 2.35. The molecule has 1 aromatic heterocycles. The predicted molar refractivity (Wildman–Crippen MR) is 87.8 cm³/mol. The second-order valence-electron chi connectivity index (χ2n) is 5.34. The molecule has 2 rings (SSSR count). The van der Waals surface area contributed by atoms with Crippen molar-refractivity contribution >= 4 is 17.3 Å². The van der Waals surface area contributed by atoms with Gasteiger partial charge in [-0.2, -0.15) is 0 Å². The molecule has 1 aromatic rings. The first-order chi connectivity index (χ1) is 11.2. The van der Waals surface area contributed by atoms with Crippen LogP contribution in [-0.4, -0.2) is 65.7 Å². The van der Waals surface area contributed by atoms with Crippen LogP contribution in [0.25, 0.3) is 0 Å². The monoisotopic (exact) mass is 324 g/mol. The highest BCUT2D eigenvalue weighted by atomic mass is 16.6. The molecule has 1 saturated heterocycles.